The average Bonchev–Trinajstić information content (AvgIpc) is 3.35. The van der Waals surface area contributed by atoms with Crippen molar-refractivity contribution >= 4 is 52.3 Å². The molecule has 3 amide bonds. The second-order valence-corrected chi connectivity index (χ2v) is 8.05. The molecule has 2 heterocycles. The summed E-state index contributed by atoms with van der Waals surface area (Å²) in [6.07, 6.45) is 4.70. The topological polar surface area (TPSA) is 84.9 Å². The molecule has 0 aliphatic carbocycles. The van der Waals surface area contributed by atoms with Crippen LogP contribution < -0.4 is 14.8 Å². The summed E-state index contributed by atoms with van der Waals surface area (Å²) in [7, 11) is 3.10. The van der Waals surface area contributed by atoms with E-state index in [-0.39, 0.29) is 30.1 Å². The summed E-state index contributed by atoms with van der Waals surface area (Å²) >= 11 is 2.40. The summed E-state index contributed by atoms with van der Waals surface area (Å²) in [5.41, 5.74) is 0.720. The van der Waals surface area contributed by atoms with Crippen LogP contribution in [0.3, 0.4) is 0 Å². The van der Waals surface area contributed by atoms with Crippen LogP contribution in [0.5, 0.6) is 11.5 Å². The Balaban J connectivity index is 1.53. The molecule has 1 aromatic carbocycles. The lowest BCUT2D eigenvalue weighted by Gasteiger charge is -2.12. The zero-order valence-corrected chi connectivity index (χ0v) is 18.0. The van der Waals surface area contributed by atoms with Gasteiger partial charge in [-0.1, -0.05) is 6.07 Å². The van der Waals surface area contributed by atoms with Gasteiger partial charge in [-0.2, -0.15) is 0 Å². The van der Waals surface area contributed by atoms with Crippen LogP contribution in [0, 0.1) is 0 Å². The predicted octanol–water partition coefficient (Wildman–Crippen LogP) is 3.63. The van der Waals surface area contributed by atoms with Crippen LogP contribution in [-0.2, 0) is 9.59 Å². The van der Waals surface area contributed by atoms with Crippen molar-refractivity contribution in [2.45, 2.75) is 0 Å². The number of imide groups is 1. The van der Waals surface area contributed by atoms with Gasteiger partial charge in [0.05, 0.1) is 19.1 Å². The van der Waals surface area contributed by atoms with Crippen molar-refractivity contribution in [2.24, 2.45) is 0 Å². The molecule has 7 nitrogen and oxygen atoms in total. The van der Waals surface area contributed by atoms with Gasteiger partial charge in [-0.15, -0.1) is 11.3 Å². The zero-order valence-electron chi connectivity index (χ0n) is 16.4. The first-order chi connectivity index (χ1) is 14.5. The number of carbonyl (C=O) groups excluding carboxylic acids is 3. The minimum Gasteiger partial charge on any atom is -0.497 e. The number of nitrogens with one attached hydrogen (secondary N) is 1. The Bertz CT molecular complexity index is 999. The van der Waals surface area contributed by atoms with Gasteiger partial charge in [0.15, 0.2) is 0 Å². The summed E-state index contributed by atoms with van der Waals surface area (Å²) in [6.45, 7) is 0.269. The molecular formula is C21H20N2O5S2. The Morgan fingerprint density at radius 2 is 2.03 bits per heavy atom. The van der Waals surface area contributed by atoms with Crippen molar-refractivity contribution < 1.29 is 23.9 Å². The van der Waals surface area contributed by atoms with E-state index < -0.39 is 0 Å². The molecule has 9 heteroatoms. The van der Waals surface area contributed by atoms with Crippen molar-refractivity contribution in [1.29, 1.82) is 0 Å². The summed E-state index contributed by atoms with van der Waals surface area (Å²) < 4.78 is 10.4. The highest BCUT2D eigenvalue weighted by atomic mass is 32.2. The third-order valence-electron chi connectivity index (χ3n) is 4.18. The molecule has 0 atom stereocenters. The van der Waals surface area contributed by atoms with Gasteiger partial charge in [-0.05, 0) is 47.5 Å². The Hall–Kier alpha value is -3.04. The normalized spacial score (nSPS) is 15.3. The SMILES string of the molecule is COc1ccc(C=CC(=O)NCCN2C(=O)SC(=Cc3cccs3)C2=O)c(OC)c1. The molecule has 0 radical (unpaired) electrons. The quantitative estimate of drug-likeness (QED) is 0.626. The van der Waals surface area contributed by atoms with E-state index in [1.807, 2.05) is 17.5 Å². The molecule has 1 aliphatic heterocycles. The highest BCUT2D eigenvalue weighted by molar-refractivity contribution is 8.18. The van der Waals surface area contributed by atoms with Crippen molar-refractivity contribution in [1.82, 2.24) is 10.2 Å². The molecule has 0 saturated carbocycles. The number of ether oxygens (including phenoxy) is 2. The Morgan fingerprint density at radius 3 is 2.73 bits per heavy atom. The molecule has 1 aromatic heterocycles. The van der Waals surface area contributed by atoms with Gasteiger partial charge in [0.2, 0.25) is 5.91 Å². The second kappa shape index (κ2) is 10.1. The molecule has 2 aromatic rings. The van der Waals surface area contributed by atoms with Crippen LogP contribution in [0.2, 0.25) is 0 Å². The fourth-order valence-corrected chi connectivity index (χ4v) is 4.25. The lowest BCUT2D eigenvalue weighted by Crippen LogP contribution is -2.36. The van der Waals surface area contributed by atoms with E-state index in [9.17, 15) is 14.4 Å². The number of carbonyl (C=O) groups is 3. The Kier molecular flexibility index (Phi) is 7.31. The molecule has 1 N–H and O–H groups in total. The second-order valence-electron chi connectivity index (χ2n) is 6.08. The molecule has 1 saturated heterocycles. The largest absolute Gasteiger partial charge is 0.497 e. The maximum Gasteiger partial charge on any atom is 0.293 e. The van der Waals surface area contributed by atoms with Crippen LogP contribution >= 0.6 is 23.1 Å². The number of hydrogen-bond donors (Lipinski definition) is 1. The van der Waals surface area contributed by atoms with E-state index in [4.69, 9.17) is 9.47 Å². The van der Waals surface area contributed by atoms with Crippen LogP contribution in [-0.4, -0.2) is 49.3 Å². The van der Waals surface area contributed by atoms with Gasteiger partial charge >= 0.3 is 0 Å². The Labute approximate surface area is 182 Å². The number of benzene rings is 1. The highest BCUT2D eigenvalue weighted by Gasteiger charge is 2.34. The Morgan fingerprint density at radius 1 is 1.20 bits per heavy atom. The van der Waals surface area contributed by atoms with Gasteiger partial charge in [0, 0.05) is 35.7 Å². The maximum absolute atomic E-state index is 12.4. The van der Waals surface area contributed by atoms with Crippen molar-refractivity contribution in [3.63, 3.8) is 0 Å². The molecule has 0 unspecified atom stereocenters. The molecule has 1 aliphatic rings. The maximum atomic E-state index is 12.4. The van der Waals surface area contributed by atoms with Gasteiger partial charge in [-0.3, -0.25) is 19.3 Å². The number of nitrogens with zero attached hydrogens (tertiary/aromatic N) is 1. The minimum atomic E-state index is -0.342. The first-order valence-electron chi connectivity index (χ1n) is 8.98. The van der Waals surface area contributed by atoms with Gasteiger partial charge in [0.25, 0.3) is 11.1 Å². The van der Waals surface area contributed by atoms with Crippen molar-refractivity contribution in [2.75, 3.05) is 27.3 Å². The first-order valence-corrected chi connectivity index (χ1v) is 10.7. The standard InChI is InChI=1S/C21H20N2O5S2/c1-27-15-7-5-14(17(12-15)28-2)6-8-19(24)22-9-10-23-20(25)18(30-21(23)26)13-16-4-3-11-29-16/h3-8,11-13H,9-10H2,1-2H3,(H,22,24). The number of thiophene rings is 1. The fourth-order valence-electron chi connectivity index (χ4n) is 2.67. The molecule has 30 heavy (non-hydrogen) atoms. The van der Waals surface area contributed by atoms with E-state index in [1.54, 1.807) is 37.5 Å². The highest BCUT2D eigenvalue weighted by Crippen LogP contribution is 2.32. The van der Waals surface area contributed by atoms with Crippen LogP contribution in [0.4, 0.5) is 4.79 Å². The molecular weight excluding hydrogens is 424 g/mol. The minimum absolute atomic E-state index is 0.109. The van der Waals surface area contributed by atoms with Crippen LogP contribution in [0.25, 0.3) is 12.2 Å². The van der Waals surface area contributed by atoms with E-state index in [0.717, 1.165) is 27.1 Å². The monoisotopic (exact) mass is 444 g/mol. The predicted molar refractivity (Wildman–Crippen MR) is 119 cm³/mol. The van der Waals surface area contributed by atoms with Gasteiger partial charge < -0.3 is 14.8 Å². The average molecular weight is 445 g/mol. The summed E-state index contributed by atoms with van der Waals surface area (Å²) in [6, 6.07) is 9.03. The molecule has 3 rings (SSSR count). The first kappa shape index (κ1) is 21.7. The summed E-state index contributed by atoms with van der Waals surface area (Å²) in [4.78, 5) is 39.1. The lowest BCUT2D eigenvalue weighted by atomic mass is 10.1. The number of amides is 3. The van der Waals surface area contributed by atoms with E-state index >= 15 is 0 Å². The summed E-state index contributed by atoms with van der Waals surface area (Å²) in [5.74, 6) is 0.549. The summed E-state index contributed by atoms with van der Waals surface area (Å²) in [5, 5.41) is 4.24. The van der Waals surface area contributed by atoms with E-state index in [0.29, 0.717) is 16.4 Å². The fraction of sp³-hybridized carbons (Fsp3) is 0.190. The number of rotatable bonds is 8. The lowest BCUT2D eigenvalue weighted by molar-refractivity contribution is -0.123. The van der Waals surface area contributed by atoms with Crippen molar-refractivity contribution in [3.8, 4) is 11.5 Å². The third-order valence-corrected chi connectivity index (χ3v) is 5.91. The van der Waals surface area contributed by atoms with Gasteiger partial charge in [0.1, 0.15) is 11.5 Å². The van der Waals surface area contributed by atoms with Gasteiger partial charge in [-0.25, -0.2) is 0 Å². The number of methoxy groups -OCH3 is 2. The van der Waals surface area contributed by atoms with Crippen LogP contribution in [0.1, 0.15) is 10.4 Å². The number of hydrogen-bond acceptors (Lipinski definition) is 7. The molecule has 0 spiro atoms. The van der Waals surface area contributed by atoms with E-state index in [1.165, 1.54) is 24.5 Å². The molecule has 0 bridgehead atoms. The van der Waals surface area contributed by atoms with Crippen LogP contribution in [0.15, 0.2) is 46.7 Å². The molecule has 156 valence electrons. The smallest absolute Gasteiger partial charge is 0.293 e. The number of thioether (sulfide) groups is 1. The zero-order chi connectivity index (χ0) is 21.5. The third kappa shape index (κ3) is 5.31. The van der Waals surface area contributed by atoms with Crippen molar-refractivity contribution in [3.05, 3.63) is 57.1 Å². The molecule has 1 fully saturated rings. The van der Waals surface area contributed by atoms with E-state index in [2.05, 4.69) is 5.32 Å².